The summed E-state index contributed by atoms with van der Waals surface area (Å²) >= 11 is 0. The summed E-state index contributed by atoms with van der Waals surface area (Å²) < 4.78 is 81.1. The lowest BCUT2D eigenvalue weighted by Gasteiger charge is -2.70. The highest BCUT2D eigenvalue weighted by molar-refractivity contribution is 6.75. The summed E-state index contributed by atoms with van der Waals surface area (Å²) in [6.07, 6.45) is -12.2. The maximum atomic E-state index is 14.9. The number of hydrogen-bond acceptors (Lipinski definition) is 23. The molecule has 5 N–H and O–H groups in total. The molecule has 2 unspecified atom stereocenters. The predicted molar refractivity (Wildman–Crippen MR) is 503 cm³/mol. The molecular formula is C100H166O23Si4. The lowest BCUT2D eigenvalue weighted by Crippen LogP contribution is -2.82. The molecule has 27 heteroatoms. The van der Waals surface area contributed by atoms with Crippen LogP contribution in [0, 0.1) is 63.1 Å². The van der Waals surface area contributed by atoms with Gasteiger partial charge in [-0.15, -0.1) is 0 Å². The van der Waals surface area contributed by atoms with Crippen molar-refractivity contribution in [1.29, 1.82) is 0 Å². The van der Waals surface area contributed by atoms with E-state index in [4.69, 9.17) is 55.6 Å². The molecule has 6 aliphatic carbocycles. The van der Waals surface area contributed by atoms with Crippen molar-refractivity contribution in [2.75, 3.05) is 13.2 Å². The van der Waals surface area contributed by atoms with Crippen LogP contribution in [-0.2, 0) is 74.8 Å². The average molecular weight is 1850 g/mol. The Kier molecular flexibility index (Phi) is 35.2. The number of carbonyl (C=O) groups is 6. The van der Waals surface area contributed by atoms with Gasteiger partial charge in [-0.05, 0) is 164 Å². The van der Waals surface area contributed by atoms with Crippen molar-refractivity contribution in [1.82, 2.24) is 0 Å². The van der Waals surface area contributed by atoms with Gasteiger partial charge in [0.15, 0.2) is 44.5 Å². The standard InChI is InChI=1S/C50H82O11Si2.C49H80O12Si2.CH4/c1-16-62(17-2,18-3)60-38-28-39-49(30-56-39,59-35(12)51)42-44(58-45(53)36-25-23-22-24-26-36)50(55)29-37(33(10)40(47(50,13)14)34(11)43(52)48(38,42)15)57-46(54)41(32(9)27-31(7)8)61-63(19-4,20-5)21-6;1-15-62(16-2,17-3)60-36-27-37-48(29-56-37,59-33(11)50)41-43(58-44(53)34-24-22-21-23-25-34)49(55)28-35(32(10)38(46(49,12)13)39(51)42(52)47(36,41)14)57-45(54)40(31(9)26-30(7)8)61-63(18-4,19-5)20-6;/h22-26,31-32,34,37-39,41-44,52,55H,16-21,27-30H2,1-15H3;21-25,30-31,35-37,39-43,51-52,55H,15-20,26-29H2,1-14H3;1H4/t32-,34-,37-,38-,39+,41?,42-,43-,44-,48+,49-,50+;31-,35-,36-,37+,39-,40?,41-,42-,43-,47+,48-,49+;/m00./s1. The third-order valence-electron chi connectivity index (χ3n) is 33.5. The minimum atomic E-state index is -2.48. The van der Waals surface area contributed by atoms with Crippen LogP contribution in [0.4, 0.5) is 0 Å². The third-order valence-corrected chi connectivity index (χ3v) is 52.1. The van der Waals surface area contributed by atoms with E-state index in [1.54, 1.807) is 75.4 Å². The maximum Gasteiger partial charge on any atom is 0.338 e. The summed E-state index contributed by atoms with van der Waals surface area (Å²) in [5.41, 5.74) is -9.57. The van der Waals surface area contributed by atoms with Crippen LogP contribution < -0.4 is 0 Å². The zero-order valence-corrected chi connectivity index (χ0v) is 86.0. The first-order valence-electron chi connectivity index (χ1n) is 48.1. The molecule has 23 nitrogen and oxygen atoms in total. The first-order valence-corrected chi connectivity index (χ1v) is 58.2. The van der Waals surface area contributed by atoms with E-state index in [-0.39, 0.29) is 74.4 Å². The number of benzene rings is 2. The smallest absolute Gasteiger partial charge is 0.338 e. The van der Waals surface area contributed by atoms with Crippen molar-refractivity contribution in [3.8, 4) is 0 Å². The molecule has 2 saturated heterocycles. The topological polar surface area (TPSA) is 314 Å². The normalized spacial score (nSPS) is 33.5. The average Bonchev–Trinajstić information content (AvgIpc) is 0.670. The van der Waals surface area contributed by atoms with Gasteiger partial charge in [0.25, 0.3) is 0 Å². The van der Waals surface area contributed by atoms with Crippen LogP contribution in [0.5, 0.6) is 0 Å². The molecule has 0 amide bonds. The Morgan fingerprint density at radius 3 is 1.06 bits per heavy atom. The van der Waals surface area contributed by atoms with Crippen molar-refractivity contribution in [2.24, 2.45) is 63.1 Å². The fourth-order valence-electron chi connectivity index (χ4n) is 24.9. The molecule has 0 aromatic heterocycles. The number of ether oxygens (including phenoxy) is 8. The third kappa shape index (κ3) is 19.5. The second-order valence-corrected chi connectivity index (χ2v) is 60.3. The van der Waals surface area contributed by atoms with Gasteiger partial charge >= 0.3 is 35.8 Å². The Labute approximate surface area is 766 Å². The molecule has 8 aliphatic rings. The minimum absolute atomic E-state index is 0. The van der Waals surface area contributed by atoms with E-state index >= 15 is 0 Å². The van der Waals surface area contributed by atoms with Gasteiger partial charge in [0.2, 0.25) is 0 Å². The van der Waals surface area contributed by atoms with Crippen LogP contribution >= 0.6 is 0 Å². The Balaban J connectivity index is 0.000000312. The molecule has 127 heavy (non-hydrogen) atoms. The quantitative estimate of drug-likeness (QED) is 0.0183. The molecule has 24 atom stereocenters. The molecule has 0 spiro atoms. The molecule has 6 fully saturated rings. The first kappa shape index (κ1) is 108. The number of hydrogen-bond donors (Lipinski definition) is 5. The molecule has 0 radical (unpaired) electrons. The zero-order valence-electron chi connectivity index (χ0n) is 82.0. The van der Waals surface area contributed by atoms with E-state index in [0.717, 1.165) is 90.1 Å². The van der Waals surface area contributed by atoms with Crippen LogP contribution in [-0.4, -0.2) is 210 Å². The van der Waals surface area contributed by atoms with Gasteiger partial charge in [-0.2, -0.15) is 0 Å². The molecule has 2 aromatic carbocycles. The van der Waals surface area contributed by atoms with Crippen LogP contribution in [0.1, 0.15) is 267 Å². The van der Waals surface area contributed by atoms with Crippen LogP contribution in [0.25, 0.3) is 0 Å². The fraction of sp³-hybridized carbons (Fsp3) is 0.780. The van der Waals surface area contributed by atoms with Crippen molar-refractivity contribution in [3.63, 3.8) is 0 Å². The summed E-state index contributed by atoms with van der Waals surface area (Å²) in [6.45, 7) is 57.5. The van der Waals surface area contributed by atoms with Crippen LogP contribution in [0.2, 0.25) is 72.5 Å². The second kappa shape index (κ2) is 41.6. The predicted octanol–water partition coefficient (Wildman–Crippen LogP) is 19.0. The Morgan fingerprint density at radius 1 is 0.457 bits per heavy atom. The van der Waals surface area contributed by atoms with E-state index in [2.05, 4.69) is 118 Å². The molecular weight excluding hydrogens is 1680 g/mol. The molecule has 2 aliphatic heterocycles. The van der Waals surface area contributed by atoms with E-state index in [9.17, 15) is 54.3 Å². The number of fused-ring (bicyclic) bond motifs is 10. The lowest BCUT2D eigenvalue weighted by atomic mass is 9.43. The van der Waals surface area contributed by atoms with Gasteiger partial charge < -0.3 is 81.1 Å². The summed E-state index contributed by atoms with van der Waals surface area (Å²) in [6, 6.07) is 27.1. The number of rotatable bonds is 36. The van der Waals surface area contributed by atoms with Crippen molar-refractivity contribution >= 4 is 69.1 Å². The SMILES string of the molecule is C.CC[Si](CC)(CC)OC(C(=O)O[C@H]1C[C@@]2(O)[C@@H](OC(=O)c3ccccc3)[C@@H]3[C@]4(OC(C)=O)CO[C@@H]4C[C@H](O[Si](CC)(CC)CC)[C@@]3(C)[C@@H](O)[C@@H](C)C(=C1C)C2(C)C)[C@@H](C)CC(C)C.CC[Si](CC)(CC)OC(C(=O)O[C@H]1C[C@@]2(O)[C@@H](OC(=O)c3ccccc3)[C@@H]3[C@]4(OC(C)=O)CO[C@@H]4C[C@H](O[Si](CC)(CC)CC)[C@@]3(C)[C@@H](O)[C@@H](O)C(=C1C)C2(C)C)[C@@H](C)CC(C)C. The number of carbonyl (C=O) groups excluding carboxylic acids is 6. The van der Waals surface area contributed by atoms with E-state index in [1.165, 1.54) is 13.8 Å². The molecule has 2 aromatic rings. The van der Waals surface area contributed by atoms with E-state index in [1.807, 2.05) is 54.5 Å². The molecule has 10 rings (SSSR count). The van der Waals surface area contributed by atoms with Crippen molar-refractivity contribution in [3.05, 3.63) is 94.1 Å². The summed E-state index contributed by atoms with van der Waals surface area (Å²) in [4.78, 5) is 85.7. The van der Waals surface area contributed by atoms with Gasteiger partial charge in [-0.1, -0.05) is 222 Å². The zero-order chi connectivity index (χ0) is 94.2. The van der Waals surface area contributed by atoms with Gasteiger partial charge in [-0.25, -0.2) is 19.2 Å². The van der Waals surface area contributed by atoms with Crippen LogP contribution in [0.3, 0.4) is 0 Å². The highest BCUT2D eigenvalue weighted by atomic mass is 28.4. The van der Waals surface area contributed by atoms with E-state index in [0.29, 0.717) is 24.3 Å². The lowest BCUT2D eigenvalue weighted by molar-refractivity contribution is -0.363. The largest absolute Gasteiger partial charge is 0.456 e. The molecule has 2 heterocycles. The van der Waals surface area contributed by atoms with E-state index < -0.39 is 210 Å². The number of esters is 6. The molecule has 720 valence electrons. The highest BCUT2D eigenvalue weighted by Gasteiger charge is 2.81. The summed E-state index contributed by atoms with van der Waals surface area (Å²) in [5, 5.41) is 67.6. The molecule has 4 saturated carbocycles. The van der Waals surface area contributed by atoms with Crippen LogP contribution in [0.15, 0.2) is 83.0 Å². The maximum absolute atomic E-state index is 14.9. The van der Waals surface area contributed by atoms with Crippen molar-refractivity contribution in [2.45, 2.75) is 421 Å². The van der Waals surface area contributed by atoms with Gasteiger partial charge in [0, 0.05) is 67.1 Å². The summed E-state index contributed by atoms with van der Waals surface area (Å²) in [5.74, 6) is -6.18. The van der Waals surface area contributed by atoms with Gasteiger partial charge in [0.1, 0.15) is 66.1 Å². The number of aliphatic hydroxyl groups excluding tert-OH is 3. The Bertz CT molecular complexity index is 3850. The monoisotopic (exact) mass is 1850 g/mol. The fourth-order valence-corrected chi connectivity index (χ4v) is 36.5. The summed E-state index contributed by atoms with van der Waals surface area (Å²) in [7, 11) is -9.52. The Morgan fingerprint density at radius 2 is 0.764 bits per heavy atom. The van der Waals surface area contributed by atoms with Gasteiger partial charge in [-0.3, -0.25) is 9.59 Å². The van der Waals surface area contributed by atoms with Crippen molar-refractivity contribution < 1.29 is 110 Å². The first-order chi connectivity index (χ1) is 58.9. The minimum Gasteiger partial charge on any atom is -0.456 e. The Hall–Kier alpha value is -4.83. The second-order valence-electron chi connectivity index (χ2n) is 41.4. The molecule has 4 bridgehead atoms. The van der Waals surface area contributed by atoms with Gasteiger partial charge in [0.05, 0.1) is 60.6 Å². The highest BCUT2D eigenvalue weighted by Crippen LogP contribution is 2.69. The number of aliphatic hydroxyl groups is 5.